The number of hydrogen-bond acceptors (Lipinski definition) is 2. The molecule has 1 aromatic heterocycles. The molecule has 0 aromatic carbocycles. The molecule has 0 amide bonds. The fourth-order valence-corrected chi connectivity index (χ4v) is 5.48. The lowest BCUT2D eigenvalue weighted by Crippen LogP contribution is -2.35. The van der Waals surface area contributed by atoms with Gasteiger partial charge < -0.3 is 5.32 Å². The Morgan fingerprint density at radius 2 is 2.28 bits per heavy atom. The van der Waals surface area contributed by atoms with E-state index in [1.165, 1.54) is 39.9 Å². The quantitative estimate of drug-likeness (QED) is 0.842. The van der Waals surface area contributed by atoms with E-state index in [0.717, 1.165) is 24.3 Å². The van der Waals surface area contributed by atoms with E-state index < -0.39 is 0 Å². The van der Waals surface area contributed by atoms with Gasteiger partial charge in [0, 0.05) is 26.8 Å². The third kappa shape index (κ3) is 2.54. The van der Waals surface area contributed by atoms with Crippen LogP contribution in [0.4, 0.5) is 0 Å². The van der Waals surface area contributed by atoms with Crippen molar-refractivity contribution < 1.29 is 0 Å². The van der Waals surface area contributed by atoms with Gasteiger partial charge in [0.25, 0.3) is 0 Å². The molecule has 2 saturated carbocycles. The van der Waals surface area contributed by atoms with Crippen molar-refractivity contribution >= 4 is 27.3 Å². The Labute approximate surface area is 122 Å². The SMILES string of the molecule is Cc1sc(CNC(C)C2CC3CCC2C3)cc1Br. The van der Waals surface area contributed by atoms with Gasteiger partial charge >= 0.3 is 0 Å². The zero-order chi connectivity index (χ0) is 12.7. The Balaban J connectivity index is 1.54. The molecule has 2 bridgehead atoms. The first-order chi connectivity index (χ1) is 8.63. The van der Waals surface area contributed by atoms with Crippen molar-refractivity contribution in [2.24, 2.45) is 17.8 Å². The van der Waals surface area contributed by atoms with Crippen LogP contribution in [0.1, 0.15) is 42.4 Å². The molecule has 0 saturated heterocycles. The second-order valence-electron chi connectivity index (χ2n) is 6.13. The molecule has 1 N–H and O–H groups in total. The van der Waals surface area contributed by atoms with Crippen molar-refractivity contribution in [3.8, 4) is 0 Å². The molecule has 3 rings (SSSR count). The first-order valence-corrected chi connectivity index (χ1v) is 8.72. The molecule has 3 heteroatoms. The molecular weight excluding hydrogens is 306 g/mol. The minimum absolute atomic E-state index is 0.682. The minimum Gasteiger partial charge on any atom is -0.309 e. The van der Waals surface area contributed by atoms with E-state index in [2.05, 4.69) is 41.2 Å². The molecule has 1 heterocycles. The molecule has 2 aliphatic rings. The van der Waals surface area contributed by atoms with Crippen molar-refractivity contribution in [1.82, 2.24) is 5.32 Å². The summed E-state index contributed by atoms with van der Waals surface area (Å²) in [5, 5.41) is 3.76. The van der Waals surface area contributed by atoms with Gasteiger partial charge in [0.15, 0.2) is 0 Å². The summed E-state index contributed by atoms with van der Waals surface area (Å²) in [4.78, 5) is 2.84. The summed E-state index contributed by atoms with van der Waals surface area (Å²) in [7, 11) is 0. The topological polar surface area (TPSA) is 12.0 Å². The van der Waals surface area contributed by atoms with Gasteiger partial charge in [0.1, 0.15) is 0 Å². The monoisotopic (exact) mass is 327 g/mol. The molecule has 1 nitrogen and oxygen atoms in total. The maximum absolute atomic E-state index is 3.76. The highest BCUT2D eigenvalue weighted by Gasteiger charge is 2.41. The van der Waals surface area contributed by atoms with Crippen LogP contribution < -0.4 is 5.32 Å². The normalized spacial score (nSPS) is 32.1. The first-order valence-electron chi connectivity index (χ1n) is 7.11. The standard InChI is InChI=1S/C15H22BrNS/c1-9(14-6-11-3-4-12(14)5-11)17-8-13-7-15(16)10(2)18-13/h7,9,11-12,14,17H,3-6,8H2,1-2H3. The van der Waals surface area contributed by atoms with Gasteiger partial charge in [-0.1, -0.05) is 6.42 Å². The summed E-state index contributed by atoms with van der Waals surface area (Å²) in [5.74, 6) is 3.02. The molecule has 4 atom stereocenters. The Morgan fingerprint density at radius 3 is 2.83 bits per heavy atom. The Bertz CT molecular complexity index is 409. The van der Waals surface area contributed by atoms with Crippen LogP contribution in [0.15, 0.2) is 10.5 Å². The highest BCUT2D eigenvalue weighted by Crippen LogP contribution is 2.49. The van der Waals surface area contributed by atoms with Crippen LogP contribution >= 0.6 is 27.3 Å². The van der Waals surface area contributed by atoms with Crippen molar-refractivity contribution in [2.75, 3.05) is 0 Å². The number of fused-ring (bicyclic) bond motifs is 2. The number of thiophene rings is 1. The van der Waals surface area contributed by atoms with Crippen LogP contribution in [-0.2, 0) is 6.54 Å². The fraction of sp³-hybridized carbons (Fsp3) is 0.733. The van der Waals surface area contributed by atoms with Crippen LogP contribution in [0.2, 0.25) is 0 Å². The predicted octanol–water partition coefficient (Wildman–Crippen LogP) is 4.73. The Morgan fingerprint density at radius 1 is 1.44 bits per heavy atom. The number of halogens is 1. The third-order valence-electron chi connectivity index (χ3n) is 4.94. The van der Waals surface area contributed by atoms with E-state index in [4.69, 9.17) is 0 Å². The molecule has 4 unspecified atom stereocenters. The van der Waals surface area contributed by atoms with E-state index in [1.54, 1.807) is 0 Å². The molecule has 0 radical (unpaired) electrons. The number of rotatable bonds is 4. The molecular formula is C15H22BrNS. The van der Waals surface area contributed by atoms with Crippen LogP contribution in [0.3, 0.4) is 0 Å². The summed E-state index contributed by atoms with van der Waals surface area (Å²) in [6.07, 6.45) is 5.99. The van der Waals surface area contributed by atoms with Gasteiger partial charge in [-0.15, -0.1) is 11.3 Å². The second kappa shape index (κ2) is 5.26. The molecule has 100 valence electrons. The summed E-state index contributed by atoms with van der Waals surface area (Å²) in [6.45, 7) is 5.60. The van der Waals surface area contributed by atoms with E-state index in [1.807, 2.05) is 11.3 Å². The van der Waals surface area contributed by atoms with Gasteiger partial charge in [0.05, 0.1) is 0 Å². The van der Waals surface area contributed by atoms with E-state index in [-0.39, 0.29) is 0 Å². The second-order valence-corrected chi connectivity index (χ2v) is 8.32. The summed E-state index contributed by atoms with van der Waals surface area (Å²) >= 11 is 5.50. The average Bonchev–Trinajstić information content (AvgIpc) is 3.03. The minimum atomic E-state index is 0.682. The van der Waals surface area contributed by atoms with Gasteiger partial charge in [-0.2, -0.15) is 0 Å². The van der Waals surface area contributed by atoms with Crippen molar-refractivity contribution in [2.45, 2.75) is 52.1 Å². The molecule has 1 aromatic rings. The van der Waals surface area contributed by atoms with Gasteiger partial charge in [-0.05, 0) is 72.9 Å². The van der Waals surface area contributed by atoms with Crippen molar-refractivity contribution in [3.63, 3.8) is 0 Å². The fourth-order valence-electron chi connectivity index (χ4n) is 3.92. The first kappa shape index (κ1) is 13.1. The van der Waals surface area contributed by atoms with E-state index in [9.17, 15) is 0 Å². The molecule has 2 aliphatic carbocycles. The molecule has 0 spiro atoms. The number of aryl methyl sites for hydroxylation is 1. The van der Waals surface area contributed by atoms with Crippen molar-refractivity contribution in [1.29, 1.82) is 0 Å². The largest absolute Gasteiger partial charge is 0.309 e. The van der Waals surface area contributed by atoms with E-state index >= 15 is 0 Å². The summed E-state index contributed by atoms with van der Waals surface area (Å²) in [5.41, 5.74) is 0. The zero-order valence-electron chi connectivity index (χ0n) is 11.2. The summed E-state index contributed by atoms with van der Waals surface area (Å²) in [6, 6.07) is 2.95. The Kier molecular flexibility index (Phi) is 3.84. The molecule has 18 heavy (non-hydrogen) atoms. The lowest BCUT2D eigenvalue weighted by molar-refractivity contribution is 0.260. The predicted molar refractivity (Wildman–Crippen MR) is 82.0 cm³/mol. The van der Waals surface area contributed by atoms with Crippen LogP contribution in [0, 0.1) is 24.7 Å². The number of hydrogen-bond donors (Lipinski definition) is 1. The average molecular weight is 328 g/mol. The smallest absolute Gasteiger partial charge is 0.0314 e. The van der Waals surface area contributed by atoms with Gasteiger partial charge in [-0.3, -0.25) is 0 Å². The maximum Gasteiger partial charge on any atom is 0.0314 e. The van der Waals surface area contributed by atoms with Crippen LogP contribution in [0.25, 0.3) is 0 Å². The summed E-state index contributed by atoms with van der Waals surface area (Å²) < 4.78 is 1.26. The van der Waals surface area contributed by atoms with Crippen LogP contribution in [-0.4, -0.2) is 6.04 Å². The third-order valence-corrected chi connectivity index (χ3v) is 7.08. The Hall–Kier alpha value is 0.140. The molecule has 0 aliphatic heterocycles. The van der Waals surface area contributed by atoms with E-state index in [0.29, 0.717) is 6.04 Å². The van der Waals surface area contributed by atoms with Gasteiger partial charge in [0.2, 0.25) is 0 Å². The maximum atomic E-state index is 3.76. The highest BCUT2D eigenvalue weighted by atomic mass is 79.9. The van der Waals surface area contributed by atoms with Gasteiger partial charge in [-0.25, -0.2) is 0 Å². The lowest BCUT2D eigenvalue weighted by Gasteiger charge is -2.28. The number of nitrogens with one attached hydrogen (secondary N) is 1. The highest BCUT2D eigenvalue weighted by molar-refractivity contribution is 9.10. The lowest BCUT2D eigenvalue weighted by atomic mass is 9.84. The van der Waals surface area contributed by atoms with Crippen molar-refractivity contribution in [3.05, 3.63) is 20.3 Å². The molecule has 2 fully saturated rings. The zero-order valence-corrected chi connectivity index (χ0v) is 13.6. The van der Waals surface area contributed by atoms with Crippen LogP contribution in [0.5, 0.6) is 0 Å².